The Labute approximate surface area is 113 Å². The van der Waals surface area contributed by atoms with Crippen LogP contribution in [0.15, 0.2) is 11.1 Å². The predicted octanol–water partition coefficient (Wildman–Crippen LogP) is 0.186. The molecular weight excluding hydrogens is 275 g/mol. The maximum atomic E-state index is 13.4. The predicted molar refractivity (Wildman–Crippen MR) is 66.7 cm³/mol. The third kappa shape index (κ3) is 2.52. The Morgan fingerprint density at radius 2 is 2.42 bits per heavy atom. The highest BCUT2D eigenvalue weighted by atomic mass is 35.5. The van der Waals surface area contributed by atoms with Crippen LogP contribution in [0.4, 0.5) is 4.39 Å². The Kier molecular flexibility index (Phi) is 3.68. The molecule has 0 saturated heterocycles. The summed E-state index contributed by atoms with van der Waals surface area (Å²) < 4.78 is 18.6. The van der Waals surface area contributed by atoms with Gasteiger partial charge in [-0.25, -0.2) is 9.37 Å². The van der Waals surface area contributed by atoms with E-state index in [2.05, 4.69) is 16.0 Å². The van der Waals surface area contributed by atoms with Crippen molar-refractivity contribution < 1.29 is 13.9 Å². The van der Waals surface area contributed by atoms with Gasteiger partial charge in [-0.05, 0) is 6.07 Å². The molecule has 1 aromatic heterocycles. The number of nitrogens with two attached hydrogens (primary N) is 2. The molecule has 6 nitrogen and oxygen atoms in total. The third-order valence-corrected chi connectivity index (χ3v) is 2.98. The minimum Gasteiger partial charge on any atom is -0.385 e. The number of rotatable bonds is 3. The topological polar surface area (TPSA) is 104 Å². The van der Waals surface area contributed by atoms with E-state index in [4.69, 9.17) is 27.8 Å². The van der Waals surface area contributed by atoms with E-state index < -0.39 is 18.1 Å². The molecule has 0 aromatic carbocycles. The van der Waals surface area contributed by atoms with Gasteiger partial charge < -0.3 is 16.2 Å². The second-order valence-electron chi connectivity index (χ2n) is 4.08. The maximum absolute atomic E-state index is 13.4. The number of amidine groups is 1. The van der Waals surface area contributed by atoms with Crippen LogP contribution in [-0.2, 0) is 10.3 Å². The van der Waals surface area contributed by atoms with Crippen molar-refractivity contribution in [2.24, 2.45) is 16.5 Å². The van der Waals surface area contributed by atoms with Crippen LogP contribution in [0.25, 0.3) is 0 Å². The summed E-state index contributed by atoms with van der Waals surface area (Å²) in [5, 5.41) is -0.0766. The largest absolute Gasteiger partial charge is 0.385 e. The first kappa shape index (κ1) is 13.7. The fourth-order valence-electron chi connectivity index (χ4n) is 1.79. The molecule has 4 N–H and O–H groups in total. The molecular formula is C11H11ClFN4O2. The monoisotopic (exact) mass is 285 g/mol. The number of amides is 1. The van der Waals surface area contributed by atoms with Crippen LogP contribution in [0, 0.1) is 6.07 Å². The Bertz CT molecular complexity index is 551. The highest BCUT2D eigenvalue weighted by Gasteiger charge is 2.38. The van der Waals surface area contributed by atoms with Crippen LogP contribution >= 0.6 is 11.6 Å². The van der Waals surface area contributed by atoms with E-state index in [9.17, 15) is 9.18 Å². The first-order valence-electron chi connectivity index (χ1n) is 5.35. The molecule has 1 aliphatic heterocycles. The van der Waals surface area contributed by atoms with Crippen LogP contribution in [0.3, 0.4) is 0 Å². The van der Waals surface area contributed by atoms with Crippen molar-refractivity contribution in [2.45, 2.75) is 5.54 Å². The molecule has 1 amide bonds. The number of carbonyl (C=O) groups excluding carboxylic acids is 1. The number of primary amides is 1. The molecule has 1 unspecified atom stereocenters. The lowest BCUT2D eigenvalue weighted by atomic mass is 9.93. The van der Waals surface area contributed by atoms with Gasteiger partial charge in [0.25, 0.3) is 5.91 Å². The number of hydrogen-bond donors (Lipinski definition) is 2. The van der Waals surface area contributed by atoms with Crippen LogP contribution in [-0.4, -0.2) is 36.6 Å². The number of pyridine rings is 1. The quantitative estimate of drug-likeness (QED) is 0.773. The number of aliphatic imine (C=N–C) groups is 1. The smallest absolute Gasteiger partial charge is 0.268 e. The standard InChI is InChI=1S/C11H11ClFN4O2/c12-9-6(1-2-7(16-9)10(15)18)11(4-13)5-19-3-8(14)17-11/h1H,3-5H2,(H2,14,17)(H2,15,18). The van der Waals surface area contributed by atoms with Crippen molar-refractivity contribution in [3.05, 3.63) is 28.5 Å². The summed E-state index contributed by atoms with van der Waals surface area (Å²) in [5.74, 6) is -0.607. The van der Waals surface area contributed by atoms with E-state index in [1.807, 2.05) is 0 Å². The van der Waals surface area contributed by atoms with Crippen molar-refractivity contribution in [3.8, 4) is 0 Å². The molecule has 0 fully saturated rings. The Morgan fingerprint density at radius 3 is 2.95 bits per heavy atom. The average molecular weight is 286 g/mol. The number of aromatic nitrogens is 1. The number of hydrogen-bond acceptors (Lipinski definition) is 5. The lowest BCUT2D eigenvalue weighted by molar-refractivity contribution is 0.0826. The Morgan fingerprint density at radius 1 is 1.68 bits per heavy atom. The highest BCUT2D eigenvalue weighted by molar-refractivity contribution is 6.30. The number of nitrogens with zero attached hydrogens (tertiary/aromatic N) is 2. The second-order valence-corrected chi connectivity index (χ2v) is 4.44. The van der Waals surface area contributed by atoms with Gasteiger partial charge in [0.1, 0.15) is 35.5 Å². The normalized spacial score (nSPS) is 22.9. The first-order valence-corrected chi connectivity index (χ1v) is 5.73. The van der Waals surface area contributed by atoms with E-state index in [0.29, 0.717) is 0 Å². The Hall–Kier alpha value is -1.73. The molecule has 0 saturated carbocycles. The van der Waals surface area contributed by atoms with Crippen molar-refractivity contribution >= 4 is 23.3 Å². The van der Waals surface area contributed by atoms with E-state index in [0.717, 1.165) is 0 Å². The summed E-state index contributed by atoms with van der Waals surface area (Å²) in [7, 11) is 0. The van der Waals surface area contributed by atoms with E-state index in [1.54, 1.807) is 0 Å². The summed E-state index contributed by atoms with van der Waals surface area (Å²) in [4.78, 5) is 18.8. The van der Waals surface area contributed by atoms with Gasteiger partial charge in [0.15, 0.2) is 0 Å². The molecule has 101 valence electrons. The number of halogens is 2. The van der Waals surface area contributed by atoms with Crippen molar-refractivity contribution in [2.75, 3.05) is 19.9 Å². The van der Waals surface area contributed by atoms with Gasteiger partial charge in [-0.1, -0.05) is 11.6 Å². The summed E-state index contributed by atoms with van der Waals surface area (Å²) in [6.45, 7) is -0.746. The van der Waals surface area contributed by atoms with Gasteiger partial charge in [-0.15, -0.1) is 0 Å². The zero-order chi connectivity index (χ0) is 14.0. The highest BCUT2D eigenvalue weighted by Crippen LogP contribution is 2.33. The fourth-order valence-corrected chi connectivity index (χ4v) is 2.10. The van der Waals surface area contributed by atoms with E-state index in [1.165, 1.54) is 6.07 Å². The van der Waals surface area contributed by atoms with Crippen LogP contribution in [0.2, 0.25) is 5.15 Å². The molecule has 2 heterocycles. The lowest BCUT2D eigenvalue weighted by Crippen LogP contribution is -2.41. The van der Waals surface area contributed by atoms with E-state index >= 15 is 0 Å². The summed E-state index contributed by atoms with van der Waals surface area (Å²) in [6, 6.07) is 3.88. The van der Waals surface area contributed by atoms with Crippen molar-refractivity contribution in [1.29, 1.82) is 0 Å². The number of alkyl halides is 1. The maximum Gasteiger partial charge on any atom is 0.268 e. The summed E-state index contributed by atoms with van der Waals surface area (Å²) in [6.07, 6.45) is 0. The van der Waals surface area contributed by atoms with Gasteiger partial charge in [-0.2, -0.15) is 0 Å². The zero-order valence-electron chi connectivity index (χ0n) is 9.82. The molecule has 2 rings (SSSR count). The molecule has 0 bridgehead atoms. The zero-order valence-corrected chi connectivity index (χ0v) is 10.6. The van der Waals surface area contributed by atoms with Gasteiger partial charge in [-0.3, -0.25) is 9.79 Å². The van der Waals surface area contributed by atoms with Crippen LogP contribution in [0.1, 0.15) is 16.1 Å². The summed E-state index contributed by atoms with van der Waals surface area (Å²) in [5.41, 5.74) is 9.40. The third-order valence-electron chi connectivity index (χ3n) is 2.69. The molecule has 0 spiro atoms. The van der Waals surface area contributed by atoms with E-state index in [-0.39, 0.29) is 35.5 Å². The molecule has 1 aliphatic rings. The molecule has 1 aromatic rings. The van der Waals surface area contributed by atoms with Gasteiger partial charge in [0, 0.05) is 11.6 Å². The van der Waals surface area contributed by atoms with Crippen molar-refractivity contribution in [3.63, 3.8) is 0 Å². The molecule has 0 aliphatic carbocycles. The minimum absolute atomic E-state index is 0.0185. The van der Waals surface area contributed by atoms with Gasteiger partial charge in [0.05, 0.1) is 6.61 Å². The van der Waals surface area contributed by atoms with Crippen LogP contribution in [0.5, 0.6) is 0 Å². The number of ether oxygens (including phenoxy) is 1. The summed E-state index contributed by atoms with van der Waals surface area (Å²) >= 11 is 5.95. The SMILES string of the molecule is NC(=O)c1[c]cc(C2(CF)COCC(N)=N2)c(Cl)n1. The average Bonchev–Trinajstić information content (AvgIpc) is 2.38. The molecule has 1 atom stereocenters. The van der Waals surface area contributed by atoms with Crippen LogP contribution < -0.4 is 11.5 Å². The molecule has 8 heteroatoms. The molecule has 19 heavy (non-hydrogen) atoms. The minimum atomic E-state index is -1.35. The lowest BCUT2D eigenvalue weighted by Gasteiger charge is -2.31. The fraction of sp³-hybridized carbons (Fsp3) is 0.364. The Balaban J connectivity index is 2.50. The van der Waals surface area contributed by atoms with Gasteiger partial charge >= 0.3 is 0 Å². The van der Waals surface area contributed by atoms with Gasteiger partial charge in [0.2, 0.25) is 0 Å². The first-order chi connectivity index (χ1) is 8.98. The molecule has 1 radical (unpaired) electrons. The van der Waals surface area contributed by atoms with Crippen molar-refractivity contribution in [1.82, 2.24) is 4.98 Å². The second kappa shape index (κ2) is 5.10. The number of carbonyl (C=O) groups is 1.